The van der Waals surface area contributed by atoms with E-state index < -0.39 is 0 Å². The Morgan fingerprint density at radius 2 is 2.10 bits per heavy atom. The lowest BCUT2D eigenvalue weighted by molar-refractivity contribution is -0.0174. The van der Waals surface area contributed by atoms with E-state index in [1.54, 1.807) is 0 Å². The average molecular weight is 284 g/mol. The Balaban J connectivity index is 2.42. The topological polar surface area (TPSA) is 48.9 Å². The molecule has 0 aromatic carbocycles. The Morgan fingerprint density at radius 1 is 1.35 bits per heavy atom. The summed E-state index contributed by atoms with van der Waals surface area (Å²) in [6, 6.07) is 0.979. The minimum absolute atomic E-state index is 0.483. The predicted molar refractivity (Wildman–Crippen MR) is 85.3 cm³/mol. The summed E-state index contributed by atoms with van der Waals surface area (Å²) >= 11 is 0. The molecule has 1 saturated heterocycles. The Bertz CT molecular complexity index is 294. The van der Waals surface area contributed by atoms with E-state index in [1.807, 2.05) is 0 Å². The van der Waals surface area contributed by atoms with Crippen molar-refractivity contribution in [1.82, 2.24) is 15.5 Å². The minimum Gasteiger partial charge on any atom is -0.379 e. The molecule has 2 unspecified atom stereocenters. The lowest BCUT2D eigenvalue weighted by Crippen LogP contribution is -2.53. The van der Waals surface area contributed by atoms with Crippen LogP contribution in [0.4, 0.5) is 0 Å². The normalized spacial score (nSPS) is 22.9. The quantitative estimate of drug-likeness (QED) is 0.570. The summed E-state index contributed by atoms with van der Waals surface area (Å²) in [5.74, 6) is 1.51. The van der Waals surface area contributed by atoms with Gasteiger partial charge in [0.1, 0.15) is 0 Å². The summed E-state index contributed by atoms with van der Waals surface area (Å²) in [5, 5.41) is 6.75. The maximum atomic E-state index is 5.49. The second-order valence-electron chi connectivity index (χ2n) is 6.01. The molecule has 0 saturated carbocycles. The first-order valence-corrected chi connectivity index (χ1v) is 7.90. The predicted octanol–water partition coefficient (Wildman–Crippen LogP) is 1.31. The SMILES string of the molecule is CCNC(=NCC(C)C)NCC(C)N1CCOCC1C. The molecule has 0 aromatic rings. The summed E-state index contributed by atoms with van der Waals surface area (Å²) in [6.45, 7) is 16.3. The molecule has 0 spiro atoms. The maximum Gasteiger partial charge on any atom is 0.191 e. The maximum absolute atomic E-state index is 5.49. The molecule has 0 aliphatic carbocycles. The number of guanidine groups is 1. The zero-order chi connectivity index (χ0) is 15.0. The smallest absolute Gasteiger partial charge is 0.191 e. The van der Waals surface area contributed by atoms with E-state index in [4.69, 9.17) is 4.74 Å². The van der Waals surface area contributed by atoms with E-state index >= 15 is 0 Å². The van der Waals surface area contributed by atoms with Crippen LogP contribution in [0.15, 0.2) is 4.99 Å². The van der Waals surface area contributed by atoms with Gasteiger partial charge in [0, 0.05) is 38.3 Å². The largest absolute Gasteiger partial charge is 0.379 e. The number of nitrogens with zero attached hydrogens (tertiary/aromatic N) is 2. The third-order valence-electron chi connectivity index (χ3n) is 3.51. The van der Waals surface area contributed by atoms with Gasteiger partial charge in [0.2, 0.25) is 0 Å². The number of ether oxygens (including phenoxy) is 1. The van der Waals surface area contributed by atoms with Crippen molar-refractivity contribution in [2.24, 2.45) is 10.9 Å². The first-order valence-electron chi connectivity index (χ1n) is 7.90. The van der Waals surface area contributed by atoms with E-state index in [0.717, 1.165) is 45.4 Å². The van der Waals surface area contributed by atoms with Crippen molar-refractivity contribution in [3.8, 4) is 0 Å². The van der Waals surface area contributed by atoms with E-state index in [9.17, 15) is 0 Å². The zero-order valence-electron chi connectivity index (χ0n) is 13.8. The van der Waals surface area contributed by atoms with Crippen LogP contribution in [0.5, 0.6) is 0 Å². The fourth-order valence-electron chi connectivity index (χ4n) is 2.37. The minimum atomic E-state index is 0.483. The Hall–Kier alpha value is -0.810. The molecular formula is C15H32N4O. The van der Waals surface area contributed by atoms with Crippen LogP contribution in [0.2, 0.25) is 0 Å². The summed E-state index contributed by atoms with van der Waals surface area (Å²) in [6.07, 6.45) is 0. The van der Waals surface area contributed by atoms with Crippen LogP contribution in [0.25, 0.3) is 0 Å². The number of nitrogens with one attached hydrogen (secondary N) is 2. The van der Waals surface area contributed by atoms with E-state index in [-0.39, 0.29) is 0 Å². The molecule has 2 atom stereocenters. The molecule has 0 amide bonds. The molecule has 0 aromatic heterocycles. The number of morpholine rings is 1. The summed E-state index contributed by atoms with van der Waals surface area (Å²) < 4.78 is 5.49. The molecule has 1 aliphatic rings. The summed E-state index contributed by atoms with van der Waals surface area (Å²) in [5.41, 5.74) is 0. The van der Waals surface area contributed by atoms with Gasteiger partial charge in [-0.3, -0.25) is 9.89 Å². The van der Waals surface area contributed by atoms with Gasteiger partial charge in [-0.1, -0.05) is 13.8 Å². The van der Waals surface area contributed by atoms with Crippen LogP contribution in [0, 0.1) is 5.92 Å². The van der Waals surface area contributed by atoms with Gasteiger partial charge in [0.15, 0.2) is 5.96 Å². The lowest BCUT2D eigenvalue weighted by Gasteiger charge is -2.38. The molecule has 1 fully saturated rings. The highest BCUT2D eigenvalue weighted by Gasteiger charge is 2.23. The van der Waals surface area contributed by atoms with Crippen LogP contribution >= 0.6 is 0 Å². The van der Waals surface area contributed by atoms with Gasteiger partial charge < -0.3 is 15.4 Å². The van der Waals surface area contributed by atoms with E-state index in [1.165, 1.54) is 0 Å². The van der Waals surface area contributed by atoms with Crippen LogP contribution < -0.4 is 10.6 Å². The fraction of sp³-hybridized carbons (Fsp3) is 0.933. The van der Waals surface area contributed by atoms with Crippen molar-refractivity contribution in [1.29, 1.82) is 0 Å². The molecule has 1 heterocycles. The standard InChI is InChI=1S/C15H32N4O/c1-6-16-15(17-9-12(2)3)18-10-13(4)19-7-8-20-11-14(19)5/h12-14H,6-11H2,1-5H3,(H2,16,17,18). The highest BCUT2D eigenvalue weighted by molar-refractivity contribution is 5.79. The van der Waals surface area contributed by atoms with E-state index in [2.05, 4.69) is 55.1 Å². The van der Waals surface area contributed by atoms with Gasteiger partial charge >= 0.3 is 0 Å². The summed E-state index contributed by atoms with van der Waals surface area (Å²) in [7, 11) is 0. The molecular weight excluding hydrogens is 252 g/mol. The second kappa shape index (κ2) is 9.19. The first kappa shape index (κ1) is 17.2. The molecule has 5 nitrogen and oxygen atoms in total. The van der Waals surface area contributed by atoms with Crippen LogP contribution in [-0.2, 0) is 4.74 Å². The van der Waals surface area contributed by atoms with Gasteiger partial charge in [-0.2, -0.15) is 0 Å². The Morgan fingerprint density at radius 3 is 2.70 bits per heavy atom. The Kier molecular flexibility index (Phi) is 7.92. The molecule has 5 heteroatoms. The molecule has 20 heavy (non-hydrogen) atoms. The lowest BCUT2D eigenvalue weighted by atomic mass is 10.2. The number of hydrogen-bond donors (Lipinski definition) is 2. The van der Waals surface area contributed by atoms with Crippen molar-refractivity contribution in [2.45, 2.75) is 46.7 Å². The van der Waals surface area contributed by atoms with Gasteiger partial charge in [-0.15, -0.1) is 0 Å². The van der Waals surface area contributed by atoms with Crippen LogP contribution in [0.1, 0.15) is 34.6 Å². The van der Waals surface area contributed by atoms with E-state index in [0.29, 0.717) is 18.0 Å². The van der Waals surface area contributed by atoms with Crippen molar-refractivity contribution >= 4 is 5.96 Å². The third kappa shape index (κ3) is 6.09. The van der Waals surface area contributed by atoms with Gasteiger partial charge in [0.05, 0.1) is 13.2 Å². The van der Waals surface area contributed by atoms with Gasteiger partial charge in [-0.05, 0) is 26.7 Å². The highest BCUT2D eigenvalue weighted by Crippen LogP contribution is 2.09. The first-order chi connectivity index (χ1) is 9.54. The molecule has 118 valence electrons. The molecule has 1 aliphatic heterocycles. The van der Waals surface area contributed by atoms with Crippen molar-refractivity contribution in [2.75, 3.05) is 39.4 Å². The third-order valence-corrected chi connectivity index (χ3v) is 3.51. The monoisotopic (exact) mass is 284 g/mol. The molecule has 2 N–H and O–H groups in total. The van der Waals surface area contributed by atoms with Crippen molar-refractivity contribution < 1.29 is 4.74 Å². The fourth-order valence-corrected chi connectivity index (χ4v) is 2.37. The number of rotatable bonds is 6. The molecule has 1 rings (SSSR count). The number of aliphatic imine (C=N–C) groups is 1. The summed E-state index contributed by atoms with van der Waals surface area (Å²) in [4.78, 5) is 7.10. The van der Waals surface area contributed by atoms with Crippen LogP contribution in [0.3, 0.4) is 0 Å². The molecule has 0 radical (unpaired) electrons. The van der Waals surface area contributed by atoms with Crippen LogP contribution in [-0.4, -0.2) is 62.3 Å². The Labute approximate surface area is 124 Å². The second-order valence-corrected chi connectivity index (χ2v) is 6.01. The molecule has 0 bridgehead atoms. The van der Waals surface area contributed by atoms with Gasteiger partial charge in [0.25, 0.3) is 0 Å². The average Bonchev–Trinajstić information content (AvgIpc) is 2.42. The van der Waals surface area contributed by atoms with Crippen molar-refractivity contribution in [3.63, 3.8) is 0 Å². The highest BCUT2D eigenvalue weighted by atomic mass is 16.5. The zero-order valence-corrected chi connectivity index (χ0v) is 13.8. The van der Waals surface area contributed by atoms with Crippen molar-refractivity contribution in [3.05, 3.63) is 0 Å². The van der Waals surface area contributed by atoms with Gasteiger partial charge in [-0.25, -0.2) is 0 Å². The number of hydrogen-bond acceptors (Lipinski definition) is 3.